The van der Waals surface area contributed by atoms with Crippen LogP contribution in [0.2, 0.25) is 0 Å². The lowest BCUT2D eigenvalue weighted by atomic mass is 10.2. The number of hydrogen-bond acceptors (Lipinski definition) is 3. The first kappa shape index (κ1) is 13.3. The van der Waals surface area contributed by atoms with Gasteiger partial charge in [-0.05, 0) is 40.9 Å². The zero-order valence-corrected chi connectivity index (χ0v) is 12.8. The number of benzene rings is 1. The summed E-state index contributed by atoms with van der Waals surface area (Å²) in [5.41, 5.74) is 1.02. The number of aliphatic hydroxyl groups is 1. The molecule has 0 bridgehead atoms. The van der Waals surface area contributed by atoms with Crippen LogP contribution in [-0.2, 0) is 6.54 Å². The Hall–Kier alpha value is -0.100. The standard InChI is InChI=1S/C12H15Br2NO2/c1-17-11-8(4-9(13)5-10(11)14)6-15-12(7-16)2-3-12/h4-5,15-16H,2-3,6-7H2,1H3. The highest BCUT2D eigenvalue weighted by molar-refractivity contribution is 9.11. The summed E-state index contributed by atoms with van der Waals surface area (Å²) in [6, 6.07) is 3.99. The summed E-state index contributed by atoms with van der Waals surface area (Å²) < 4.78 is 7.32. The van der Waals surface area contributed by atoms with Crippen molar-refractivity contribution in [1.82, 2.24) is 5.32 Å². The maximum absolute atomic E-state index is 9.26. The summed E-state index contributed by atoms with van der Waals surface area (Å²) in [4.78, 5) is 0. The van der Waals surface area contributed by atoms with Crippen LogP contribution in [0.15, 0.2) is 21.1 Å². The van der Waals surface area contributed by atoms with Gasteiger partial charge in [-0.3, -0.25) is 0 Å². The second kappa shape index (κ2) is 5.26. The monoisotopic (exact) mass is 363 g/mol. The van der Waals surface area contributed by atoms with Crippen molar-refractivity contribution < 1.29 is 9.84 Å². The predicted molar refractivity (Wildman–Crippen MR) is 74.3 cm³/mol. The van der Waals surface area contributed by atoms with Gasteiger partial charge >= 0.3 is 0 Å². The number of rotatable bonds is 5. The minimum Gasteiger partial charge on any atom is -0.495 e. The number of hydrogen-bond donors (Lipinski definition) is 2. The number of ether oxygens (including phenoxy) is 1. The molecule has 1 saturated carbocycles. The molecule has 0 heterocycles. The zero-order chi connectivity index (χ0) is 12.5. The molecule has 1 fully saturated rings. The summed E-state index contributed by atoms with van der Waals surface area (Å²) in [5.74, 6) is 0.842. The zero-order valence-electron chi connectivity index (χ0n) is 9.59. The Balaban J connectivity index is 2.14. The smallest absolute Gasteiger partial charge is 0.137 e. The van der Waals surface area contributed by atoms with Gasteiger partial charge in [0.2, 0.25) is 0 Å². The number of halogens is 2. The molecule has 1 aromatic carbocycles. The van der Waals surface area contributed by atoms with E-state index in [2.05, 4.69) is 37.2 Å². The molecule has 0 aliphatic heterocycles. The molecule has 0 aromatic heterocycles. The van der Waals surface area contributed by atoms with Crippen molar-refractivity contribution in [2.45, 2.75) is 24.9 Å². The molecule has 0 spiro atoms. The van der Waals surface area contributed by atoms with Crippen molar-refractivity contribution in [1.29, 1.82) is 0 Å². The van der Waals surface area contributed by atoms with Gasteiger partial charge in [0.15, 0.2) is 0 Å². The Labute approximate surface area is 118 Å². The van der Waals surface area contributed by atoms with Gasteiger partial charge in [0.1, 0.15) is 5.75 Å². The third-order valence-electron chi connectivity index (χ3n) is 3.10. The average molecular weight is 365 g/mol. The minimum atomic E-state index is -0.0557. The third kappa shape index (κ3) is 3.02. The number of methoxy groups -OCH3 is 1. The van der Waals surface area contributed by atoms with E-state index < -0.39 is 0 Å². The van der Waals surface area contributed by atoms with E-state index in [1.54, 1.807) is 7.11 Å². The molecule has 2 N–H and O–H groups in total. The highest BCUT2D eigenvalue weighted by Crippen LogP contribution is 2.37. The van der Waals surface area contributed by atoms with Gasteiger partial charge in [-0.2, -0.15) is 0 Å². The van der Waals surface area contributed by atoms with Crippen LogP contribution in [0.1, 0.15) is 18.4 Å². The fourth-order valence-electron chi connectivity index (χ4n) is 1.80. The Morgan fingerprint density at radius 2 is 2.12 bits per heavy atom. The van der Waals surface area contributed by atoms with E-state index in [0.717, 1.165) is 33.1 Å². The van der Waals surface area contributed by atoms with Gasteiger partial charge < -0.3 is 15.2 Å². The largest absolute Gasteiger partial charge is 0.495 e. The van der Waals surface area contributed by atoms with Crippen molar-refractivity contribution in [3.8, 4) is 5.75 Å². The van der Waals surface area contributed by atoms with Gasteiger partial charge in [0.05, 0.1) is 18.2 Å². The Morgan fingerprint density at radius 1 is 1.41 bits per heavy atom. The van der Waals surface area contributed by atoms with E-state index in [-0.39, 0.29) is 12.1 Å². The van der Waals surface area contributed by atoms with E-state index >= 15 is 0 Å². The van der Waals surface area contributed by atoms with E-state index in [4.69, 9.17) is 4.74 Å². The molecule has 1 aliphatic rings. The fraction of sp³-hybridized carbons (Fsp3) is 0.500. The van der Waals surface area contributed by atoms with Gasteiger partial charge in [0, 0.05) is 22.1 Å². The minimum absolute atomic E-state index is 0.0557. The second-order valence-corrected chi connectivity index (χ2v) is 6.14. The summed E-state index contributed by atoms with van der Waals surface area (Å²) in [5, 5.41) is 12.7. The SMILES string of the molecule is COc1c(Br)cc(Br)cc1CNC1(CO)CC1. The Morgan fingerprint density at radius 3 is 2.65 bits per heavy atom. The molecule has 5 heteroatoms. The van der Waals surface area contributed by atoms with Crippen molar-refractivity contribution in [3.05, 3.63) is 26.6 Å². The van der Waals surface area contributed by atoms with Gasteiger partial charge in [-0.1, -0.05) is 15.9 Å². The van der Waals surface area contributed by atoms with Crippen molar-refractivity contribution in [3.63, 3.8) is 0 Å². The van der Waals surface area contributed by atoms with Gasteiger partial charge in [-0.25, -0.2) is 0 Å². The van der Waals surface area contributed by atoms with E-state index in [1.165, 1.54) is 0 Å². The van der Waals surface area contributed by atoms with Crippen molar-refractivity contribution >= 4 is 31.9 Å². The highest BCUT2D eigenvalue weighted by Gasteiger charge is 2.41. The Bertz CT molecular complexity index is 419. The summed E-state index contributed by atoms with van der Waals surface area (Å²) in [6.45, 7) is 0.895. The molecule has 1 aromatic rings. The van der Waals surface area contributed by atoms with Crippen molar-refractivity contribution in [2.24, 2.45) is 0 Å². The van der Waals surface area contributed by atoms with Crippen molar-refractivity contribution in [2.75, 3.05) is 13.7 Å². The van der Waals surface area contributed by atoms with Crippen LogP contribution in [0.3, 0.4) is 0 Å². The summed E-state index contributed by atoms with van der Waals surface area (Å²) >= 11 is 6.95. The average Bonchev–Trinajstić information content (AvgIpc) is 3.06. The Kier molecular flexibility index (Phi) is 4.13. The summed E-state index contributed by atoms with van der Waals surface area (Å²) in [6.07, 6.45) is 2.09. The molecule has 0 amide bonds. The summed E-state index contributed by atoms with van der Waals surface area (Å²) in [7, 11) is 1.66. The lowest BCUT2D eigenvalue weighted by Crippen LogP contribution is -2.34. The third-order valence-corrected chi connectivity index (χ3v) is 4.15. The number of aliphatic hydroxyl groups excluding tert-OH is 1. The normalized spacial score (nSPS) is 16.9. The molecule has 3 nitrogen and oxygen atoms in total. The molecule has 0 unspecified atom stereocenters. The van der Waals surface area contributed by atoms with Gasteiger partial charge in [0.25, 0.3) is 0 Å². The molecule has 94 valence electrons. The quantitative estimate of drug-likeness (QED) is 0.844. The maximum Gasteiger partial charge on any atom is 0.137 e. The maximum atomic E-state index is 9.26. The first-order valence-corrected chi connectivity index (χ1v) is 7.07. The van der Waals surface area contributed by atoms with Gasteiger partial charge in [-0.15, -0.1) is 0 Å². The lowest BCUT2D eigenvalue weighted by Gasteiger charge is -2.17. The van der Waals surface area contributed by atoms with Crippen LogP contribution in [0.4, 0.5) is 0 Å². The molecule has 0 atom stereocenters. The fourth-order valence-corrected chi connectivity index (χ4v) is 3.27. The number of nitrogens with one attached hydrogen (secondary N) is 1. The lowest BCUT2D eigenvalue weighted by molar-refractivity contribution is 0.229. The molecular formula is C12H15Br2NO2. The van der Waals surface area contributed by atoms with E-state index in [1.807, 2.05) is 12.1 Å². The first-order valence-electron chi connectivity index (χ1n) is 5.48. The molecule has 0 saturated heterocycles. The second-order valence-electron chi connectivity index (χ2n) is 4.37. The van der Waals surface area contributed by atoms with Crippen LogP contribution in [-0.4, -0.2) is 24.4 Å². The predicted octanol–water partition coefficient (Wildman–Crippen LogP) is 2.83. The molecule has 0 radical (unpaired) electrons. The van der Waals surface area contributed by atoms with Crippen LogP contribution >= 0.6 is 31.9 Å². The van der Waals surface area contributed by atoms with Crippen LogP contribution in [0.5, 0.6) is 5.75 Å². The highest BCUT2D eigenvalue weighted by atomic mass is 79.9. The van der Waals surface area contributed by atoms with Crippen LogP contribution < -0.4 is 10.1 Å². The first-order chi connectivity index (χ1) is 8.10. The molecule has 17 heavy (non-hydrogen) atoms. The van der Waals surface area contributed by atoms with E-state index in [9.17, 15) is 5.11 Å². The molecule has 2 rings (SSSR count). The van der Waals surface area contributed by atoms with E-state index in [0.29, 0.717) is 6.54 Å². The molecule has 1 aliphatic carbocycles. The van der Waals surface area contributed by atoms with Crippen LogP contribution in [0.25, 0.3) is 0 Å². The topological polar surface area (TPSA) is 41.5 Å². The van der Waals surface area contributed by atoms with Crippen LogP contribution in [0, 0.1) is 0 Å². The molecular weight excluding hydrogens is 350 g/mol.